The van der Waals surface area contributed by atoms with Crippen LogP contribution in [0.3, 0.4) is 0 Å². The third-order valence-corrected chi connectivity index (χ3v) is 1.46. The molecule has 0 radical (unpaired) electrons. The lowest BCUT2D eigenvalue weighted by atomic mass is 10.2. The quantitative estimate of drug-likeness (QED) is 0.581. The molecule has 11 heavy (non-hydrogen) atoms. The lowest BCUT2D eigenvalue weighted by Crippen LogP contribution is -2.37. The fourth-order valence-corrected chi connectivity index (χ4v) is 0.882. The van der Waals surface area contributed by atoms with Crippen molar-refractivity contribution >= 4 is 12.4 Å². The smallest absolute Gasteiger partial charge is 0.0697 e. The first-order valence-electron chi connectivity index (χ1n) is 3.26. The Balaban J connectivity index is -0.000000213. The highest BCUT2D eigenvalue weighted by molar-refractivity contribution is 5.85. The molecule has 0 aromatic rings. The van der Waals surface area contributed by atoms with Crippen LogP contribution < -0.4 is 5.32 Å². The first-order chi connectivity index (χ1) is 3.93. The fraction of sp³-hybridized carbons (Fsp3) is 1.00. The molecular weight excluding hydrogens is 170 g/mol. The fourth-order valence-electron chi connectivity index (χ4n) is 0.882. The summed E-state index contributed by atoms with van der Waals surface area (Å²) in [4.78, 5) is 0. The minimum Gasteiger partial charge on any atom is -0.412 e. The van der Waals surface area contributed by atoms with Crippen LogP contribution in [0, 0.1) is 0 Å². The Labute approximate surface area is 73.3 Å². The summed E-state index contributed by atoms with van der Waals surface area (Å²) in [5.41, 5.74) is 0. The van der Waals surface area contributed by atoms with Gasteiger partial charge in [-0.2, -0.15) is 0 Å². The number of halogens is 1. The standard InChI is InChI=1S/C6H13NO.ClH.2H2O/c1-2-6-5-7-3-4-8-6;;;/h6-7H,2-5H2,1H3;1H;2*1H2. The minimum absolute atomic E-state index is 0. The van der Waals surface area contributed by atoms with Crippen molar-refractivity contribution in [1.82, 2.24) is 5.32 Å². The van der Waals surface area contributed by atoms with Gasteiger partial charge >= 0.3 is 0 Å². The summed E-state index contributed by atoms with van der Waals surface area (Å²) in [6, 6.07) is 0. The number of rotatable bonds is 1. The van der Waals surface area contributed by atoms with Crippen molar-refractivity contribution in [3.05, 3.63) is 0 Å². The van der Waals surface area contributed by atoms with E-state index >= 15 is 0 Å². The van der Waals surface area contributed by atoms with E-state index in [1.165, 1.54) is 0 Å². The van der Waals surface area contributed by atoms with Crippen LogP contribution >= 0.6 is 12.4 Å². The summed E-state index contributed by atoms with van der Waals surface area (Å²) < 4.78 is 5.36. The van der Waals surface area contributed by atoms with Gasteiger partial charge in [-0.1, -0.05) is 6.92 Å². The van der Waals surface area contributed by atoms with E-state index in [1.807, 2.05) is 0 Å². The van der Waals surface area contributed by atoms with Gasteiger partial charge in [-0.3, -0.25) is 0 Å². The molecule has 1 aliphatic rings. The number of morpholine rings is 1. The molecular formula is C6H18ClNO3. The summed E-state index contributed by atoms with van der Waals surface area (Å²) >= 11 is 0. The first-order valence-corrected chi connectivity index (χ1v) is 3.26. The molecule has 1 rings (SSSR count). The molecule has 4 nitrogen and oxygen atoms in total. The van der Waals surface area contributed by atoms with Crippen molar-refractivity contribution in [1.29, 1.82) is 0 Å². The summed E-state index contributed by atoms with van der Waals surface area (Å²) in [6.07, 6.45) is 1.61. The molecule has 0 aliphatic carbocycles. The monoisotopic (exact) mass is 187 g/mol. The van der Waals surface area contributed by atoms with Crippen LogP contribution in [0.5, 0.6) is 0 Å². The maximum atomic E-state index is 5.36. The molecule has 72 valence electrons. The number of ether oxygens (including phenoxy) is 1. The van der Waals surface area contributed by atoms with E-state index in [-0.39, 0.29) is 23.4 Å². The molecule has 5 N–H and O–H groups in total. The molecule has 1 atom stereocenters. The van der Waals surface area contributed by atoms with Gasteiger partial charge in [0.05, 0.1) is 12.7 Å². The van der Waals surface area contributed by atoms with Crippen LogP contribution in [-0.2, 0) is 4.74 Å². The molecule has 1 heterocycles. The third-order valence-electron chi connectivity index (χ3n) is 1.46. The largest absolute Gasteiger partial charge is 0.412 e. The van der Waals surface area contributed by atoms with Gasteiger partial charge in [0.1, 0.15) is 0 Å². The lowest BCUT2D eigenvalue weighted by Gasteiger charge is -2.21. The maximum Gasteiger partial charge on any atom is 0.0697 e. The van der Waals surface area contributed by atoms with Gasteiger partial charge in [0.2, 0.25) is 0 Å². The van der Waals surface area contributed by atoms with Crippen molar-refractivity contribution in [2.45, 2.75) is 19.4 Å². The first kappa shape index (κ1) is 17.3. The second-order valence-electron chi connectivity index (χ2n) is 2.11. The zero-order chi connectivity index (χ0) is 5.82. The van der Waals surface area contributed by atoms with Crippen LogP contribution in [0.15, 0.2) is 0 Å². The molecule has 1 saturated heterocycles. The molecule has 1 aliphatic heterocycles. The summed E-state index contributed by atoms with van der Waals surface area (Å²) in [5, 5.41) is 3.26. The lowest BCUT2D eigenvalue weighted by molar-refractivity contribution is 0.0267. The van der Waals surface area contributed by atoms with Crippen molar-refractivity contribution in [3.63, 3.8) is 0 Å². The summed E-state index contributed by atoms with van der Waals surface area (Å²) in [7, 11) is 0. The Morgan fingerprint density at radius 2 is 2.09 bits per heavy atom. The second-order valence-corrected chi connectivity index (χ2v) is 2.11. The van der Waals surface area contributed by atoms with Gasteiger partial charge in [-0.25, -0.2) is 0 Å². The van der Waals surface area contributed by atoms with Crippen molar-refractivity contribution in [2.24, 2.45) is 0 Å². The van der Waals surface area contributed by atoms with E-state index < -0.39 is 0 Å². The van der Waals surface area contributed by atoms with E-state index in [1.54, 1.807) is 0 Å². The normalized spacial score (nSPS) is 22.1. The number of hydrogen-bond donors (Lipinski definition) is 1. The number of nitrogens with one attached hydrogen (secondary N) is 1. The molecule has 1 fully saturated rings. The van der Waals surface area contributed by atoms with Gasteiger partial charge in [-0.05, 0) is 6.42 Å². The molecule has 0 spiro atoms. The van der Waals surface area contributed by atoms with Gasteiger partial charge in [0.15, 0.2) is 0 Å². The predicted molar refractivity (Wildman–Crippen MR) is 47.4 cm³/mol. The Morgan fingerprint density at radius 3 is 2.36 bits per heavy atom. The maximum absolute atomic E-state index is 5.36. The molecule has 1 unspecified atom stereocenters. The highest BCUT2D eigenvalue weighted by Crippen LogP contribution is 1.98. The zero-order valence-electron chi connectivity index (χ0n) is 6.72. The average molecular weight is 188 g/mol. The minimum atomic E-state index is 0. The zero-order valence-corrected chi connectivity index (χ0v) is 7.54. The summed E-state index contributed by atoms with van der Waals surface area (Å²) in [5.74, 6) is 0. The topological polar surface area (TPSA) is 84.3 Å². The SMILES string of the molecule is CCC1CNCCO1.Cl.O.O. The van der Waals surface area contributed by atoms with E-state index in [0.29, 0.717) is 6.10 Å². The Morgan fingerprint density at radius 1 is 1.45 bits per heavy atom. The molecule has 0 aromatic carbocycles. The van der Waals surface area contributed by atoms with Gasteiger partial charge in [-0.15, -0.1) is 12.4 Å². The molecule has 0 saturated carbocycles. The van der Waals surface area contributed by atoms with Crippen LogP contribution in [0.1, 0.15) is 13.3 Å². The van der Waals surface area contributed by atoms with Gasteiger partial charge in [0.25, 0.3) is 0 Å². The van der Waals surface area contributed by atoms with Gasteiger partial charge in [0, 0.05) is 13.1 Å². The molecule has 0 amide bonds. The van der Waals surface area contributed by atoms with Gasteiger partial charge < -0.3 is 21.0 Å². The van der Waals surface area contributed by atoms with Crippen LogP contribution in [-0.4, -0.2) is 36.8 Å². The molecule has 5 heteroatoms. The summed E-state index contributed by atoms with van der Waals surface area (Å²) in [6.45, 7) is 5.10. The second kappa shape index (κ2) is 10.1. The average Bonchev–Trinajstić information content (AvgIpc) is 1.90. The van der Waals surface area contributed by atoms with E-state index in [2.05, 4.69) is 12.2 Å². The molecule has 0 aromatic heterocycles. The van der Waals surface area contributed by atoms with Crippen molar-refractivity contribution in [2.75, 3.05) is 19.7 Å². The highest BCUT2D eigenvalue weighted by Gasteiger charge is 2.08. The Bertz CT molecular complexity index is 68.8. The van der Waals surface area contributed by atoms with Crippen LogP contribution in [0.4, 0.5) is 0 Å². The highest BCUT2D eigenvalue weighted by atomic mass is 35.5. The van der Waals surface area contributed by atoms with E-state index in [4.69, 9.17) is 4.74 Å². The molecule has 0 bridgehead atoms. The Kier molecular flexibility index (Phi) is 15.9. The number of hydrogen-bond acceptors (Lipinski definition) is 2. The van der Waals surface area contributed by atoms with Crippen LogP contribution in [0.2, 0.25) is 0 Å². The van der Waals surface area contributed by atoms with E-state index in [0.717, 1.165) is 26.1 Å². The van der Waals surface area contributed by atoms with Crippen LogP contribution in [0.25, 0.3) is 0 Å². The van der Waals surface area contributed by atoms with E-state index in [9.17, 15) is 0 Å². The van der Waals surface area contributed by atoms with Crippen molar-refractivity contribution in [3.8, 4) is 0 Å². The Hall–Kier alpha value is 0.130. The predicted octanol–water partition coefficient (Wildman–Crippen LogP) is -0.843. The third kappa shape index (κ3) is 6.52. The van der Waals surface area contributed by atoms with Crippen molar-refractivity contribution < 1.29 is 15.7 Å².